The lowest BCUT2D eigenvalue weighted by Crippen LogP contribution is -2.54. The van der Waals surface area contributed by atoms with Crippen LogP contribution in [0.5, 0.6) is 0 Å². The Morgan fingerprint density at radius 3 is 1.41 bits per heavy atom. The van der Waals surface area contributed by atoms with Crippen LogP contribution in [0.25, 0.3) is 0 Å². The predicted molar refractivity (Wildman–Crippen MR) is 191 cm³/mol. The maximum absolute atomic E-state index is 14.2. The van der Waals surface area contributed by atoms with Gasteiger partial charge in [0.15, 0.2) is 0 Å². The third-order valence-corrected chi connectivity index (χ3v) is 8.62. The first-order chi connectivity index (χ1) is 24.2. The quantitative estimate of drug-likeness (QED) is 0.112. The Balaban J connectivity index is 1.34. The van der Waals surface area contributed by atoms with Crippen LogP contribution in [-0.4, -0.2) is 35.3 Å². The zero-order valence-electron chi connectivity index (χ0n) is 27.6. The Hall–Kier alpha value is -5.01. The summed E-state index contributed by atoms with van der Waals surface area (Å²) in [5.74, 6) is 0. The van der Waals surface area contributed by atoms with Crippen molar-refractivity contribution < 1.29 is 23.7 Å². The summed E-state index contributed by atoms with van der Waals surface area (Å²) >= 11 is 0. The van der Waals surface area contributed by atoms with E-state index < -0.39 is 30.4 Å². The number of hydrogen-bond acceptors (Lipinski definition) is 5. The van der Waals surface area contributed by atoms with Gasteiger partial charge < -0.3 is 18.9 Å². The van der Waals surface area contributed by atoms with Gasteiger partial charge in [0.1, 0.15) is 24.9 Å². The molecule has 5 aromatic rings. The fourth-order valence-electron chi connectivity index (χ4n) is 6.05. The van der Waals surface area contributed by atoms with Gasteiger partial charge in [-0.1, -0.05) is 164 Å². The predicted octanol–water partition coefficient (Wildman–Crippen LogP) is 8.91. The Bertz CT molecular complexity index is 1700. The molecule has 4 atom stereocenters. The van der Waals surface area contributed by atoms with Crippen LogP contribution in [0.1, 0.15) is 34.2 Å². The van der Waals surface area contributed by atoms with Crippen LogP contribution in [0, 0.1) is 0 Å². The van der Waals surface area contributed by atoms with Gasteiger partial charge in [0, 0.05) is 6.54 Å². The second kappa shape index (κ2) is 17.9. The Kier molecular flexibility index (Phi) is 12.4. The largest absolute Gasteiger partial charge is 0.445 e. The Morgan fingerprint density at radius 2 is 0.918 bits per heavy atom. The molecule has 1 amide bonds. The number of nitrogens with zero attached hydrogens (tertiary/aromatic N) is 1. The van der Waals surface area contributed by atoms with Gasteiger partial charge in [0.05, 0.1) is 25.9 Å². The van der Waals surface area contributed by atoms with Crippen molar-refractivity contribution in [3.05, 3.63) is 192 Å². The average Bonchev–Trinajstić information content (AvgIpc) is 3.34. The van der Waals surface area contributed by atoms with Crippen LogP contribution in [0.2, 0.25) is 0 Å². The molecule has 6 nitrogen and oxygen atoms in total. The molecule has 0 radical (unpaired) electrons. The van der Waals surface area contributed by atoms with E-state index in [0.717, 1.165) is 27.8 Å². The van der Waals surface area contributed by atoms with Gasteiger partial charge in [0.25, 0.3) is 0 Å². The first-order valence-electron chi connectivity index (χ1n) is 16.9. The SMILES string of the molecule is O=C(OCc1ccccc1)N(Cc1ccccc1)[C@@H]1CC=C[C@H](OCc2ccccc2)[C@H](OCc2ccccc2)[C@H]1OCc1ccccc1. The van der Waals surface area contributed by atoms with Crippen molar-refractivity contribution in [1.29, 1.82) is 0 Å². The van der Waals surface area contributed by atoms with E-state index in [9.17, 15) is 4.79 Å². The average molecular weight is 654 g/mol. The second-order valence-corrected chi connectivity index (χ2v) is 12.2. The van der Waals surface area contributed by atoms with Crippen molar-refractivity contribution in [2.75, 3.05) is 0 Å². The lowest BCUT2D eigenvalue weighted by molar-refractivity contribution is -0.155. The Labute approximate surface area is 289 Å². The number of benzene rings is 5. The third-order valence-electron chi connectivity index (χ3n) is 8.62. The van der Waals surface area contributed by atoms with Crippen molar-refractivity contribution in [1.82, 2.24) is 4.90 Å². The monoisotopic (exact) mass is 653 g/mol. The molecule has 250 valence electrons. The molecular formula is C43H43NO5. The molecular weight excluding hydrogens is 610 g/mol. The number of hydrogen-bond donors (Lipinski definition) is 0. The molecule has 0 N–H and O–H groups in total. The number of carbonyl (C=O) groups is 1. The minimum Gasteiger partial charge on any atom is -0.445 e. The first-order valence-corrected chi connectivity index (χ1v) is 16.9. The summed E-state index contributed by atoms with van der Waals surface area (Å²) in [7, 11) is 0. The lowest BCUT2D eigenvalue weighted by atomic mass is 9.99. The molecule has 1 aliphatic carbocycles. The highest BCUT2D eigenvalue weighted by Crippen LogP contribution is 2.30. The summed E-state index contributed by atoms with van der Waals surface area (Å²) in [4.78, 5) is 16.0. The molecule has 0 heterocycles. The summed E-state index contributed by atoms with van der Waals surface area (Å²) in [6.45, 7) is 1.62. The molecule has 0 unspecified atom stereocenters. The molecule has 5 aromatic carbocycles. The molecule has 0 bridgehead atoms. The van der Waals surface area contributed by atoms with E-state index >= 15 is 0 Å². The summed E-state index contributed by atoms with van der Waals surface area (Å²) < 4.78 is 26.3. The highest BCUT2D eigenvalue weighted by molar-refractivity contribution is 5.68. The van der Waals surface area contributed by atoms with Crippen LogP contribution < -0.4 is 0 Å². The van der Waals surface area contributed by atoms with E-state index in [1.807, 2.05) is 140 Å². The van der Waals surface area contributed by atoms with Crippen molar-refractivity contribution >= 4 is 6.09 Å². The van der Waals surface area contributed by atoms with Crippen LogP contribution in [0.4, 0.5) is 4.79 Å². The van der Waals surface area contributed by atoms with E-state index in [0.29, 0.717) is 32.8 Å². The van der Waals surface area contributed by atoms with E-state index in [1.54, 1.807) is 4.90 Å². The third kappa shape index (κ3) is 10.00. The highest BCUT2D eigenvalue weighted by atomic mass is 16.6. The highest BCUT2D eigenvalue weighted by Gasteiger charge is 2.42. The molecule has 6 heteroatoms. The first kappa shape index (κ1) is 33.9. The minimum absolute atomic E-state index is 0.166. The summed E-state index contributed by atoms with van der Waals surface area (Å²) in [6.07, 6.45) is 2.73. The van der Waals surface area contributed by atoms with Crippen molar-refractivity contribution in [3.63, 3.8) is 0 Å². The van der Waals surface area contributed by atoms with E-state index in [1.165, 1.54) is 0 Å². The second-order valence-electron chi connectivity index (χ2n) is 12.2. The number of amides is 1. The fraction of sp³-hybridized carbons (Fsp3) is 0.233. The Morgan fingerprint density at radius 1 is 0.510 bits per heavy atom. The summed E-state index contributed by atoms with van der Waals surface area (Å²) in [6, 6.07) is 49.6. The lowest BCUT2D eigenvalue weighted by Gasteiger charge is -2.40. The van der Waals surface area contributed by atoms with Crippen molar-refractivity contribution in [2.24, 2.45) is 0 Å². The molecule has 0 aromatic heterocycles. The van der Waals surface area contributed by atoms with Crippen molar-refractivity contribution in [3.8, 4) is 0 Å². The van der Waals surface area contributed by atoms with Gasteiger partial charge in [-0.3, -0.25) is 4.90 Å². The standard InChI is InChI=1S/C43H43NO5/c45-43(49-33-38-25-14-5-15-26-38)44(29-34-17-6-1-7-18-34)39-27-16-28-40(46-30-35-19-8-2-9-20-35)42(48-32-37-23-12-4-13-24-37)41(39)47-31-36-21-10-3-11-22-36/h1-26,28,39-42H,27,29-33H2/t39-,40+,41+,42+/m1/s1. The van der Waals surface area contributed by atoms with Gasteiger partial charge in [-0.25, -0.2) is 4.79 Å². The zero-order valence-corrected chi connectivity index (χ0v) is 27.6. The van der Waals surface area contributed by atoms with Gasteiger partial charge in [-0.2, -0.15) is 0 Å². The minimum atomic E-state index is -0.562. The fourth-order valence-corrected chi connectivity index (χ4v) is 6.05. The maximum atomic E-state index is 14.2. The molecule has 0 fully saturated rings. The van der Waals surface area contributed by atoms with Crippen LogP contribution in [-0.2, 0) is 51.9 Å². The van der Waals surface area contributed by atoms with E-state index in [2.05, 4.69) is 24.3 Å². The smallest absolute Gasteiger partial charge is 0.410 e. The number of rotatable bonds is 14. The molecule has 0 spiro atoms. The normalized spacial score (nSPS) is 18.8. The van der Waals surface area contributed by atoms with Gasteiger partial charge >= 0.3 is 6.09 Å². The topological polar surface area (TPSA) is 57.2 Å². The van der Waals surface area contributed by atoms with Crippen LogP contribution >= 0.6 is 0 Å². The van der Waals surface area contributed by atoms with E-state index in [-0.39, 0.29) is 6.61 Å². The molecule has 49 heavy (non-hydrogen) atoms. The maximum Gasteiger partial charge on any atom is 0.410 e. The molecule has 0 saturated heterocycles. The molecule has 6 rings (SSSR count). The zero-order chi connectivity index (χ0) is 33.5. The van der Waals surface area contributed by atoms with E-state index in [4.69, 9.17) is 18.9 Å². The summed E-state index contributed by atoms with van der Waals surface area (Å²) in [5.41, 5.74) is 5.05. The molecule has 0 saturated carbocycles. The van der Waals surface area contributed by atoms with Gasteiger partial charge in [0.2, 0.25) is 0 Å². The number of carbonyl (C=O) groups excluding carboxylic acids is 1. The van der Waals surface area contributed by atoms with Crippen LogP contribution in [0.3, 0.4) is 0 Å². The van der Waals surface area contributed by atoms with Crippen molar-refractivity contribution in [2.45, 2.75) is 63.7 Å². The molecule has 0 aliphatic heterocycles. The van der Waals surface area contributed by atoms with Crippen LogP contribution in [0.15, 0.2) is 164 Å². The molecule has 1 aliphatic rings. The number of ether oxygens (including phenoxy) is 4. The van der Waals surface area contributed by atoms with Gasteiger partial charge in [-0.15, -0.1) is 0 Å². The van der Waals surface area contributed by atoms with Gasteiger partial charge in [-0.05, 0) is 34.2 Å². The summed E-state index contributed by atoms with van der Waals surface area (Å²) in [5, 5.41) is 0.